The number of carbonyl (C=O) groups is 1. The Morgan fingerprint density at radius 3 is 2.50 bits per heavy atom. The summed E-state index contributed by atoms with van der Waals surface area (Å²) in [7, 11) is 0. The molecule has 2 aromatic heterocycles. The number of carbonyl (C=O) groups excluding carboxylic acids is 1. The topological polar surface area (TPSA) is 66.6 Å². The van der Waals surface area contributed by atoms with E-state index in [-0.39, 0.29) is 5.56 Å². The maximum absolute atomic E-state index is 14.0. The lowest BCUT2D eigenvalue weighted by molar-refractivity contribution is 0.0741. The van der Waals surface area contributed by atoms with Crippen molar-refractivity contribution < 1.29 is 13.6 Å². The van der Waals surface area contributed by atoms with Crippen molar-refractivity contribution in [2.45, 2.75) is 33.1 Å². The molecule has 7 nitrogen and oxygen atoms in total. The number of fused-ring (bicyclic) bond motifs is 1. The number of benzene rings is 1. The number of hydrogen-bond donors (Lipinski definition) is 0. The Labute approximate surface area is 173 Å². The van der Waals surface area contributed by atoms with Crippen molar-refractivity contribution in [3.8, 4) is 0 Å². The highest BCUT2D eigenvalue weighted by Crippen LogP contribution is 2.21. The van der Waals surface area contributed by atoms with Crippen molar-refractivity contribution in [1.29, 1.82) is 0 Å². The summed E-state index contributed by atoms with van der Waals surface area (Å²) in [6.07, 6.45) is 2.66. The molecular weight excluding hydrogens is 390 g/mol. The van der Waals surface area contributed by atoms with Crippen LogP contribution in [0.5, 0.6) is 0 Å². The monoisotopic (exact) mass is 414 g/mol. The van der Waals surface area contributed by atoms with E-state index in [0.717, 1.165) is 48.7 Å². The molecule has 0 unspecified atom stereocenters. The lowest BCUT2D eigenvalue weighted by Gasteiger charge is -2.35. The first-order chi connectivity index (χ1) is 14.5. The van der Waals surface area contributed by atoms with Crippen LogP contribution in [-0.4, -0.2) is 56.6 Å². The number of halogens is 2. The fourth-order valence-electron chi connectivity index (χ4n) is 3.83. The van der Waals surface area contributed by atoms with E-state index < -0.39 is 17.5 Å². The number of rotatable bonds is 5. The fraction of sp³-hybridized carbons (Fsp3) is 0.429. The summed E-state index contributed by atoms with van der Waals surface area (Å²) in [5, 5.41) is 8.47. The molecule has 1 saturated heterocycles. The Balaban J connectivity index is 1.52. The Hall–Kier alpha value is -3.10. The van der Waals surface area contributed by atoms with Crippen LogP contribution in [0.1, 0.15) is 42.1 Å². The molecule has 0 spiro atoms. The van der Waals surface area contributed by atoms with Crippen LogP contribution in [-0.2, 0) is 12.8 Å². The highest BCUT2D eigenvalue weighted by Gasteiger charge is 2.25. The quantitative estimate of drug-likeness (QED) is 0.642. The summed E-state index contributed by atoms with van der Waals surface area (Å²) in [6.45, 7) is 6.16. The SMILES string of the molecule is CCCc1cc(N2CCN(C(=O)c3ccc(F)cc3F)CC2)nc2nnc(CC)n12. The predicted octanol–water partition coefficient (Wildman–Crippen LogP) is 2.88. The molecule has 3 heterocycles. The van der Waals surface area contributed by atoms with Gasteiger partial charge in [0.15, 0.2) is 0 Å². The number of anilines is 1. The van der Waals surface area contributed by atoms with Crippen molar-refractivity contribution in [1.82, 2.24) is 24.5 Å². The molecule has 0 saturated carbocycles. The van der Waals surface area contributed by atoms with E-state index in [0.29, 0.717) is 32.0 Å². The number of hydrogen-bond acceptors (Lipinski definition) is 5. The molecule has 0 atom stereocenters. The van der Waals surface area contributed by atoms with Gasteiger partial charge in [-0.3, -0.25) is 9.20 Å². The molecular formula is C21H24F2N6O. The molecule has 9 heteroatoms. The third kappa shape index (κ3) is 3.71. The Bertz CT molecular complexity index is 1070. The van der Waals surface area contributed by atoms with Gasteiger partial charge in [0, 0.05) is 50.4 Å². The third-order valence-electron chi connectivity index (χ3n) is 5.39. The number of amides is 1. The zero-order valence-corrected chi connectivity index (χ0v) is 17.1. The lowest BCUT2D eigenvalue weighted by Crippen LogP contribution is -2.49. The summed E-state index contributed by atoms with van der Waals surface area (Å²) < 4.78 is 29.1. The minimum atomic E-state index is -0.836. The van der Waals surface area contributed by atoms with Gasteiger partial charge in [-0.05, 0) is 18.6 Å². The molecule has 158 valence electrons. The van der Waals surface area contributed by atoms with Crippen molar-refractivity contribution in [2.24, 2.45) is 0 Å². The molecule has 0 bridgehead atoms. The summed E-state index contributed by atoms with van der Waals surface area (Å²) in [4.78, 5) is 21.0. The highest BCUT2D eigenvalue weighted by molar-refractivity contribution is 5.94. The van der Waals surface area contributed by atoms with E-state index in [9.17, 15) is 13.6 Å². The maximum Gasteiger partial charge on any atom is 0.257 e. The van der Waals surface area contributed by atoms with Crippen LogP contribution in [0, 0.1) is 11.6 Å². The van der Waals surface area contributed by atoms with Gasteiger partial charge < -0.3 is 9.80 Å². The second-order valence-electron chi connectivity index (χ2n) is 7.36. The summed E-state index contributed by atoms with van der Waals surface area (Å²) in [5.41, 5.74) is 1.01. The van der Waals surface area contributed by atoms with Crippen molar-refractivity contribution in [3.63, 3.8) is 0 Å². The van der Waals surface area contributed by atoms with Gasteiger partial charge in [0.1, 0.15) is 23.3 Å². The minimum absolute atomic E-state index is 0.106. The molecule has 1 aliphatic heterocycles. The summed E-state index contributed by atoms with van der Waals surface area (Å²) in [6, 6.07) is 5.10. The second kappa shape index (κ2) is 8.33. The normalized spacial score (nSPS) is 14.5. The number of nitrogens with zero attached hydrogens (tertiary/aromatic N) is 6. The van der Waals surface area contributed by atoms with E-state index in [4.69, 9.17) is 0 Å². The molecule has 0 aliphatic carbocycles. The third-order valence-corrected chi connectivity index (χ3v) is 5.39. The van der Waals surface area contributed by atoms with Gasteiger partial charge in [0.2, 0.25) is 0 Å². The highest BCUT2D eigenvalue weighted by atomic mass is 19.1. The van der Waals surface area contributed by atoms with Crippen LogP contribution in [0.3, 0.4) is 0 Å². The van der Waals surface area contributed by atoms with Crippen LogP contribution in [0.15, 0.2) is 24.3 Å². The minimum Gasteiger partial charge on any atom is -0.353 e. The first-order valence-electron chi connectivity index (χ1n) is 10.2. The molecule has 4 rings (SSSR count). The zero-order valence-electron chi connectivity index (χ0n) is 17.1. The van der Waals surface area contributed by atoms with E-state index >= 15 is 0 Å². The van der Waals surface area contributed by atoms with Gasteiger partial charge in [-0.2, -0.15) is 4.98 Å². The van der Waals surface area contributed by atoms with E-state index in [1.54, 1.807) is 4.90 Å². The molecule has 1 aromatic carbocycles. The number of piperazine rings is 1. The van der Waals surface area contributed by atoms with Gasteiger partial charge in [-0.15, -0.1) is 10.2 Å². The average Bonchev–Trinajstić information content (AvgIpc) is 3.17. The molecule has 30 heavy (non-hydrogen) atoms. The van der Waals surface area contributed by atoms with Gasteiger partial charge in [-0.1, -0.05) is 20.3 Å². The molecule has 1 amide bonds. The Kier molecular flexibility index (Phi) is 5.61. The number of aromatic nitrogens is 4. The van der Waals surface area contributed by atoms with Crippen LogP contribution in [0.2, 0.25) is 0 Å². The zero-order chi connectivity index (χ0) is 21.3. The van der Waals surface area contributed by atoms with Gasteiger partial charge in [0.05, 0.1) is 5.56 Å². The molecule has 3 aromatic rings. The lowest BCUT2D eigenvalue weighted by atomic mass is 10.1. The largest absolute Gasteiger partial charge is 0.353 e. The Morgan fingerprint density at radius 1 is 1.07 bits per heavy atom. The van der Waals surface area contributed by atoms with E-state index in [1.165, 1.54) is 6.07 Å². The first-order valence-corrected chi connectivity index (χ1v) is 10.2. The predicted molar refractivity (Wildman–Crippen MR) is 109 cm³/mol. The van der Waals surface area contributed by atoms with E-state index in [2.05, 4.69) is 33.1 Å². The molecule has 0 radical (unpaired) electrons. The van der Waals surface area contributed by atoms with Gasteiger partial charge in [-0.25, -0.2) is 8.78 Å². The summed E-state index contributed by atoms with van der Waals surface area (Å²) >= 11 is 0. The Morgan fingerprint density at radius 2 is 1.83 bits per heavy atom. The van der Waals surface area contributed by atoms with Gasteiger partial charge >= 0.3 is 0 Å². The van der Waals surface area contributed by atoms with Crippen LogP contribution >= 0.6 is 0 Å². The molecule has 1 aliphatic rings. The maximum atomic E-state index is 14.0. The summed E-state index contributed by atoms with van der Waals surface area (Å²) in [5.74, 6) is 0.326. The first kappa shape index (κ1) is 20.2. The van der Waals surface area contributed by atoms with Crippen LogP contribution in [0.4, 0.5) is 14.6 Å². The van der Waals surface area contributed by atoms with Gasteiger partial charge in [0.25, 0.3) is 11.7 Å². The molecule has 1 fully saturated rings. The van der Waals surface area contributed by atoms with Crippen molar-refractivity contribution in [2.75, 3.05) is 31.1 Å². The van der Waals surface area contributed by atoms with E-state index in [1.807, 2.05) is 11.3 Å². The number of aryl methyl sites for hydroxylation is 2. The average molecular weight is 414 g/mol. The smallest absolute Gasteiger partial charge is 0.257 e. The second-order valence-corrected chi connectivity index (χ2v) is 7.36. The van der Waals surface area contributed by atoms with Crippen LogP contribution in [0.25, 0.3) is 5.78 Å². The van der Waals surface area contributed by atoms with Crippen molar-refractivity contribution >= 4 is 17.5 Å². The van der Waals surface area contributed by atoms with Crippen molar-refractivity contribution in [3.05, 3.63) is 53.0 Å². The van der Waals surface area contributed by atoms with Crippen LogP contribution < -0.4 is 4.90 Å². The fourth-order valence-corrected chi connectivity index (χ4v) is 3.83. The standard InChI is InChI=1S/C21H24F2N6O/c1-3-5-15-13-19(24-21-26-25-18(4-2)29(15)21)27-8-10-28(11-9-27)20(30)16-7-6-14(22)12-17(16)23/h6-7,12-13H,3-5,8-11H2,1-2H3. The molecule has 0 N–H and O–H groups in total.